The fourth-order valence-corrected chi connectivity index (χ4v) is 1.06. The van der Waals surface area contributed by atoms with Crippen LogP contribution in [-0.2, 0) is 0 Å². The molecule has 0 bridgehead atoms. The number of hydrogen-bond donors (Lipinski definition) is 0. The minimum absolute atomic E-state index is 0.0214. The summed E-state index contributed by atoms with van der Waals surface area (Å²) in [6, 6.07) is 2.16. The van der Waals surface area contributed by atoms with E-state index in [1.807, 2.05) is 0 Å². The lowest BCUT2D eigenvalue weighted by molar-refractivity contribution is 0.182. The normalized spacial score (nSPS) is 9.71. The van der Waals surface area contributed by atoms with E-state index in [1.165, 1.54) is 14.2 Å². The van der Waals surface area contributed by atoms with Gasteiger partial charge >= 0.3 is 0 Å². The molecule has 0 heterocycles. The maximum atomic E-state index is 12.9. The second-order valence-corrected chi connectivity index (χ2v) is 2.39. The zero-order chi connectivity index (χ0) is 10.6. The number of hydrogen-bond acceptors (Lipinski definition) is 3. The molecule has 5 heteroatoms. The topological polar surface area (TPSA) is 27.7 Å². The molecular weight excluding hydrogens is 194 g/mol. The zero-order valence-electron chi connectivity index (χ0n) is 7.84. The molecule has 0 aromatic heterocycles. The van der Waals surface area contributed by atoms with Crippen LogP contribution in [0, 0.1) is 5.82 Å². The maximum absolute atomic E-state index is 12.9. The van der Waals surface area contributed by atoms with Crippen molar-refractivity contribution in [3.8, 4) is 17.2 Å². The van der Waals surface area contributed by atoms with E-state index in [0.717, 1.165) is 12.1 Å². The quantitative estimate of drug-likeness (QED) is 0.752. The van der Waals surface area contributed by atoms with Gasteiger partial charge < -0.3 is 14.2 Å². The highest BCUT2D eigenvalue weighted by molar-refractivity contribution is 5.51. The highest BCUT2D eigenvalue weighted by atomic mass is 19.1. The molecule has 0 saturated heterocycles. The molecule has 0 aliphatic carbocycles. The van der Waals surface area contributed by atoms with Crippen LogP contribution in [0.25, 0.3) is 0 Å². The molecule has 78 valence electrons. The second kappa shape index (κ2) is 4.64. The first-order valence-electron chi connectivity index (χ1n) is 3.83. The van der Waals surface area contributed by atoms with Crippen LogP contribution in [0.2, 0.25) is 0 Å². The van der Waals surface area contributed by atoms with Crippen LogP contribution in [-0.4, -0.2) is 21.1 Å². The minimum atomic E-state index is -1.05. The van der Waals surface area contributed by atoms with E-state index in [-0.39, 0.29) is 17.2 Å². The van der Waals surface area contributed by atoms with Gasteiger partial charge in [0.25, 0.3) is 0 Å². The van der Waals surface area contributed by atoms with Crippen molar-refractivity contribution in [2.45, 2.75) is 0 Å². The number of methoxy groups -OCH3 is 2. The molecule has 0 atom stereocenters. The zero-order valence-corrected chi connectivity index (χ0v) is 7.84. The highest BCUT2D eigenvalue weighted by Gasteiger charge is 2.13. The first-order valence-corrected chi connectivity index (χ1v) is 3.83. The predicted molar refractivity (Wildman–Crippen MR) is 46.1 cm³/mol. The van der Waals surface area contributed by atoms with Crippen LogP contribution in [0.5, 0.6) is 17.2 Å². The van der Waals surface area contributed by atoms with Crippen LogP contribution in [0.4, 0.5) is 8.78 Å². The third-order valence-electron chi connectivity index (χ3n) is 1.62. The van der Waals surface area contributed by atoms with E-state index in [4.69, 9.17) is 9.47 Å². The van der Waals surface area contributed by atoms with Crippen molar-refractivity contribution < 1.29 is 23.0 Å². The number of ether oxygens (including phenoxy) is 3. The number of alkyl halides is 1. The van der Waals surface area contributed by atoms with Crippen molar-refractivity contribution in [1.82, 2.24) is 0 Å². The fraction of sp³-hybridized carbons (Fsp3) is 0.333. The van der Waals surface area contributed by atoms with Gasteiger partial charge in [0.15, 0.2) is 11.5 Å². The molecule has 14 heavy (non-hydrogen) atoms. The smallest absolute Gasteiger partial charge is 0.228 e. The van der Waals surface area contributed by atoms with Gasteiger partial charge in [-0.1, -0.05) is 0 Å². The van der Waals surface area contributed by atoms with Crippen LogP contribution < -0.4 is 14.2 Å². The maximum Gasteiger partial charge on any atom is 0.228 e. The number of benzene rings is 1. The van der Waals surface area contributed by atoms with E-state index in [9.17, 15) is 8.78 Å². The lowest BCUT2D eigenvalue weighted by atomic mass is 10.3. The largest absolute Gasteiger partial charge is 0.493 e. The molecule has 1 aromatic rings. The van der Waals surface area contributed by atoms with E-state index >= 15 is 0 Å². The van der Waals surface area contributed by atoms with Gasteiger partial charge in [-0.3, -0.25) is 0 Å². The molecule has 0 fully saturated rings. The molecule has 0 aliphatic heterocycles. The van der Waals surface area contributed by atoms with Crippen molar-refractivity contribution in [3.63, 3.8) is 0 Å². The fourth-order valence-electron chi connectivity index (χ4n) is 1.06. The van der Waals surface area contributed by atoms with Crippen molar-refractivity contribution in [2.75, 3.05) is 21.1 Å². The van der Waals surface area contributed by atoms with E-state index in [2.05, 4.69) is 4.74 Å². The van der Waals surface area contributed by atoms with Gasteiger partial charge in [-0.2, -0.15) is 0 Å². The molecule has 0 aliphatic rings. The van der Waals surface area contributed by atoms with Crippen LogP contribution >= 0.6 is 0 Å². The molecule has 0 N–H and O–H groups in total. The Morgan fingerprint density at radius 3 is 2.29 bits per heavy atom. The summed E-state index contributed by atoms with van der Waals surface area (Å²) in [7, 11) is 2.72. The van der Waals surface area contributed by atoms with Crippen molar-refractivity contribution in [3.05, 3.63) is 17.9 Å². The Balaban J connectivity index is 3.17. The summed E-state index contributed by atoms with van der Waals surface area (Å²) in [5.41, 5.74) is 0. The Labute approximate surface area is 80.2 Å². The standard InChI is InChI=1S/C9H10F2O3/c1-12-7-3-6(11)4-8(14-5-10)9(7)13-2/h3-4H,5H2,1-2H3. The third-order valence-corrected chi connectivity index (χ3v) is 1.62. The lowest BCUT2D eigenvalue weighted by Crippen LogP contribution is -1.98. The van der Waals surface area contributed by atoms with E-state index in [1.54, 1.807) is 0 Å². The van der Waals surface area contributed by atoms with Crippen LogP contribution in [0.3, 0.4) is 0 Å². The molecule has 1 rings (SSSR count). The Hall–Kier alpha value is -1.52. The summed E-state index contributed by atoms with van der Waals surface area (Å²) < 4.78 is 39.1. The molecule has 0 unspecified atom stereocenters. The summed E-state index contributed by atoms with van der Waals surface area (Å²) in [5, 5.41) is 0. The van der Waals surface area contributed by atoms with Gasteiger partial charge in [-0.05, 0) is 0 Å². The Morgan fingerprint density at radius 2 is 1.79 bits per heavy atom. The first kappa shape index (κ1) is 10.6. The Morgan fingerprint density at radius 1 is 1.14 bits per heavy atom. The molecule has 1 aromatic carbocycles. The van der Waals surface area contributed by atoms with Gasteiger partial charge in [0.1, 0.15) is 5.82 Å². The summed E-state index contributed by atoms with van der Waals surface area (Å²) in [4.78, 5) is 0. The van der Waals surface area contributed by atoms with Crippen LogP contribution in [0.15, 0.2) is 12.1 Å². The third kappa shape index (κ3) is 2.04. The Kier molecular flexibility index (Phi) is 3.50. The Bertz CT molecular complexity index is 315. The van der Waals surface area contributed by atoms with Gasteiger partial charge in [0.05, 0.1) is 14.2 Å². The first-order chi connectivity index (χ1) is 6.72. The lowest BCUT2D eigenvalue weighted by Gasteiger charge is -2.11. The van der Waals surface area contributed by atoms with Crippen molar-refractivity contribution >= 4 is 0 Å². The van der Waals surface area contributed by atoms with E-state index in [0.29, 0.717) is 0 Å². The second-order valence-electron chi connectivity index (χ2n) is 2.39. The average molecular weight is 204 g/mol. The SMILES string of the molecule is COc1cc(F)cc(OCF)c1OC. The summed E-state index contributed by atoms with van der Waals surface area (Å²) in [6.45, 7) is -1.05. The molecule has 0 radical (unpaired) electrons. The molecule has 3 nitrogen and oxygen atoms in total. The summed E-state index contributed by atoms with van der Waals surface area (Å²) in [5.74, 6) is -0.263. The predicted octanol–water partition coefficient (Wildman–Crippen LogP) is 2.15. The van der Waals surface area contributed by atoms with Crippen molar-refractivity contribution in [1.29, 1.82) is 0 Å². The van der Waals surface area contributed by atoms with Gasteiger partial charge in [0, 0.05) is 12.1 Å². The van der Waals surface area contributed by atoms with Crippen LogP contribution in [0.1, 0.15) is 0 Å². The average Bonchev–Trinajstić information content (AvgIpc) is 2.17. The number of rotatable bonds is 4. The van der Waals surface area contributed by atoms with E-state index < -0.39 is 12.7 Å². The molecule has 0 amide bonds. The molecular formula is C9H10F2O3. The van der Waals surface area contributed by atoms with Gasteiger partial charge in [0.2, 0.25) is 12.6 Å². The summed E-state index contributed by atoms with van der Waals surface area (Å²) in [6.07, 6.45) is 0. The monoisotopic (exact) mass is 204 g/mol. The molecule has 0 saturated carbocycles. The van der Waals surface area contributed by atoms with Gasteiger partial charge in [-0.25, -0.2) is 8.78 Å². The summed E-state index contributed by atoms with van der Waals surface area (Å²) >= 11 is 0. The van der Waals surface area contributed by atoms with Crippen molar-refractivity contribution in [2.24, 2.45) is 0 Å². The highest BCUT2D eigenvalue weighted by Crippen LogP contribution is 2.37. The van der Waals surface area contributed by atoms with Gasteiger partial charge in [-0.15, -0.1) is 0 Å². The minimum Gasteiger partial charge on any atom is -0.493 e. The number of halogens is 2. The molecule has 0 spiro atoms.